The second-order valence-electron chi connectivity index (χ2n) is 9.10. The van der Waals surface area contributed by atoms with Gasteiger partial charge in [0.1, 0.15) is 6.54 Å². The number of rotatable bonds is 8. The molecular weight excluding hydrogens is 499 g/mol. The molecule has 0 bridgehead atoms. The lowest BCUT2D eigenvalue weighted by molar-refractivity contribution is -0.143. The van der Waals surface area contributed by atoms with Crippen LogP contribution >= 0.6 is 11.8 Å². The zero-order chi connectivity index (χ0) is 25.9. The fraction of sp³-hybridized carbons (Fsp3) is 0.423. The van der Waals surface area contributed by atoms with E-state index in [-0.39, 0.29) is 30.9 Å². The first-order valence-electron chi connectivity index (χ1n) is 11.6. The second kappa shape index (κ2) is 10.8. The maximum Gasteiger partial charge on any atom is 0.408 e. The Balaban J connectivity index is 1.69. The van der Waals surface area contributed by atoms with E-state index >= 15 is 0 Å². The summed E-state index contributed by atoms with van der Waals surface area (Å²) in [6, 6.07) is 16.2. The molecule has 36 heavy (non-hydrogen) atoms. The highest BCUT2D eigenvalue weighted by molar-refractivity contribution is 7.98. The molecule has 1 heterocycles. The molecule has 0 saturated heterocycles. The van der Waals surface area contributed by atoms with Crippen molar-refractivity contribution in [1.82, 2.24) is 9.78 Å². The van der Waals surface area contributed by atoms with Gasteiger partial charge in [-0.25, -0.2) is 13.5 Å². The van der Waals surface area contributed by atoms with Crippen LogP contribution in [0.4, 0.5) is 22.0 Å². The van der Waals surface area contributed by atoms with Gasteiger partial charge in [-0.05, 0) is 41.9 Å². The van der Waals surface area contributed by atoms with Gasteiger partial charge in [0.05, 0.1) is 18.8 Å². The van der Waals surface area contributed by atoms with Crippen LogP contribution in [0.15, 0.2) is 64.3 Å². The molecule has 0 aliphatic heterocycles. The van der Waals surface area contributed by atoms with Gasteiger partial charge in [-0.15, -0.1) is 11.8 Å². The van der Waals surface area contributed by atoms with E-state index in [1.807, 2.05) is 36.6 Å². The van der Waals surface area contributed by atoms with Crippen molar-refractivity contribution in [2.75, 3.05) is 12.9 Å². The third-order valence-electron chi connectivity index (χ3n) is 6.47. The van der Waals surface area contributed by atoms with Gasteiger partial charge in [0, 0.05) is 29.3 Å². The van der Waals surface area contributed by atoms with E-state index in [9.17, 15) is 26.7 Å². The number of hydrogen-bond acceptors (Lipinski definition) is 3. The highest BCUT2D eigenvalue weighted by Crippen LogP contribution is 2.46. The Bertz CT molecular complexity index is 1210. The summed E-state index contributed by atoms with van der Waals surface area (Å²) < 4.78 is 74.8. The van der Waals surface area contributed by atoms with Crippen molar-refractivity contribution < 1.29 is 26.7 Å². The van der Waals surface area contributed by atoms with Crippen LogP contribution in [0.2, 0.25) is 0 Å². The molecule has 1 aliphatic rings. The van der Waals surface area contributed by atoms with Gasteiger partial charge in [0.2, 0.25) is 5.92 Å². The van der Waals surface area contributed by atoms with E-state index in [4.69, 9.17) is 4.74 Å². The van der Waals surface area contributed by atoms with E-state index < -0.39 is 48.9 Å². The maximum atomic E-state index is 14.4. The summed E-state index contributed by atoms with van der Waals surface area (Å²) in [6.07, 6.45) is -3.60. The Morgan fingerprint density at radius 1 is 1.11 bits per heavy atom. The largest absolute Gasteiger partial charge is 0.408 e. The summed E-state index contributed by atoms with van der Waals surface area (Å²) in [4.78, 5) is 14.1. The smallest absolute Gasteiger partial charge is 0.376 e. The predicted molar refractivity (Wildman–Crippen MR) is 129 cm³/mol. The van der Waals surface area contributed by atoms with E-state index in [1.54, 1.807) is 24.3 Å². The molecule has 0 unspecified atom stereocenters. The number of aromatic nitrogens is 2. The number of aromatic amines is 1. The number of benzene rings is 2. The van der Waals surface area contributed by atoms with Crippen LogP contribution in [-0.2, 0) is 17.9 Å². The molecule has 1 N–H and O–H groups in total. The predicted octanol–water partition coefficient (Wildman–Crippen LogP) is 6.86. The maximum absolute atomic E-state index is 14.4. The number of thioether (sulfide) groups is 1. The number of halogens is 5. The van der Waals surface area contributed by atoms with Crippen LogP contribution < -0.4 is 5.56 Å². The van der Waals surface area contributed by atoms with E-state index in [0.717, 1.165) is 10.5 Å². The molecule has 10 heteroatoms. The van der Waals surface area contributed by atoms with Crippen LogP contribution in [0, 0.1) is 5.92 Å². The van der Waals surface area contributed by atoms with Crippen LogP contribution in [0.1, 0.15) is 36.4 Å². The van der Waals surface area contributed by atoms with Crippen molar-refractivity contribution in [2.45, 2.75) is 55.3 Å². The minimum Gasteiger partial charge on any atom is -0.376 e. The third kappa shape index (κ3) is 6.39. The molecule has 1 aliphatic carbocycles. The Morgan fingerprint density at radius 2 is 1.81 bits per heavy atom. The lowest BCUT2D eigenvalue weighted by Crippen LogP contribution is -2.34. The fourth-order valence-corrected chi connectivity index (χ4v) is 5.19. The van der Waals surface area contributed by atoms with Crippen LogP contribution in [0.25, 0.3) is 11.1 Å². The second-order valence-corrected chi connectivity index (χ2v) is 9.98. The Kier molecular flexibility index (Phi) is 7.94. The van der Waals surface area contributed by atoms with Crippen LogP contribution in [0.3, 0.4) is 0 Å². The molecule has 3 aromatic rings. The number of nitrogens with one attached hydrogen (secondary N) is 1. The summed E-state index contributed by atoms with van der Waals surface area (Å²) in [5.41, 5.74) is 0.864. The van der Waals surface area contributed by atoms with Crippen molar-refractivity contribution >= 4 is 11.8 Å². The number of ether oxygens (including phenoxy) is 1. The molecule has 0 amide bonds. The van der Waals surface area contributed by atoms with Gasteiger partial charge in [0.15, 0.2) is 0 Å². The van der Waals surface area contributed by atoms with Gasteiger partial charge in [-0.2, -0.15) is 13.2 Å². The average Bonchev–Trinajstić information content (AvgIpc) is 3.13. The first-order chi connectivity index (χ1) is 17.1. The summed E-state index contributed by atoms with van der Waals surface area (Å²) in [5.74, 6) is -4.18. The number of H-pyrrole nitrogens is 1. The highest BCUT2D eigenvalue weighted by Gasteiger charge is 2.44. The van der Waals surface area contributed by atoms with Gasteiger partial charge in [0.25, 0.3) is 5.56 Å². The zero-order valence-electron chi connectivity index (χ0n) is 19.7. The lowest BCUT2D eigenvalue weighted by Gasteiger charge is -2.36. The normalized spacial score (nSPS) is 19.9. The van der Waals surface area contributed by atoms with E-state index in [0.29, 0.717) is 10.2 Å². The van der Waals surface area contributed by atoms with Gasteiger partial charge >= 0.3 is 6.18 Å². The molecule has 4 nitrogen and oxygen atoms in total. The Morgan fingerprint density at radius 3 is 2.44 bits per heavy atom. The monoisotopic (exact) mass is 526 g/mol. The van der Waals surface area contributed by atoms with Gasteiger partial charge in [-0.3, -0.25) is 9.89 Å². The summed E-state index contributed by atoms with van der Waals surface area (Å²) >= 11 is 1.49. The molecule has 1 aromatic heterocycles. The van der Waals surface area contributed by atoms with Crippen molar-refractivity contribution in [3.05, 3.63) is 76.2 Å². The Hall–Kier alpha value is -2.59. The number of alkyl halides is 5. The fourth-order valence-electron chi connectivity index (χ4n) is 4.79. The molecule has 1 saturated carbocycles. The minimum atomic E-state index is -4.62. The standard InChI is InChI=1S/C26H27F5N2O2S/c1-36-20-9-7-18(8-10-20)22-23(32-33(24(22)34)16-26(29,30)31)21-11-12-25(27,28)13-19(21)15-35-14-17-5-3-2-4-6-17/h2-10,19,21,32H,11-16H2,1H3/t19-,21-/m1/s1. The van der Waals surface area contributed by atoms with Crippen LogP contribution in [0.5, 0.6) is 0 Å². The van der Waals surface area contributed by atoms with Gasteiger partial charge in [-0.1, -0.05) is 42.5 Å². The first kappa shape index (κ1) is 26.5. The molecule has 0 spiro atoms. The van der Waals surface area contributed by atoms with Gasteiger partial charge < -0.3 is 4.74 Å². The van der Waals surface area contributed by atoms with Crippen molar-refractivity contribution in [2.24, 2.45) is 5.92 Å². The average molecular weight is 527 g/mol. The molecule has 1 fully saturated rings. The summed E-state index contributed by atoms with van der Waals surface area (Å²) in [6.45, 7) is -1.27. The molecule has 4 rings (SSSR count). The third-order valence-corrected chi connectivity index (χ3v) is 7.21. The SMILES string of the molecule is CSc1ccc(-c2c([C@@H]3CCC(F)(F)C[C@@H]3COCc3ccccc3)[nH]n(CC(F)(F)F)c2=O)cc1. The topological polar surface area (TPSA) is 47.0 Å². The zero-order valence-corrected chi connectivity index (χ0v) is 20.5. The first-order valence-corrected chi connectivity index (χ1v) is 12.8. The Labute approximate surface area is 209 Å². The van der Waals surface area contributed by atoms with Crippen molar-refractivity contribution in [3.8, 4) is 11.1 Å². The molecule has 0 radical (unpaired) electrons. The molecule has 2 aromatic carbocycles. The minimum absolute atomic E-state index is 0.00746. The van der Waals surface area contributed by atoms with E-state index in [1.165, 1.54) is 11.8 Å². The highest BCUT2D eigenvalue weighted by atomic mass is 32.2. The van der Waals surface area contributed by atoms with E-state index in [2.05, 4.69) is 5.10 Å². The molecular formula is C26H27F5N2O2S. The molecule has 194 valence electrons. The summed E-state index contributed by atoms with van der Waals surface area (Å²) in [5, 5.41) is 2.65. The summed E-state index contributed by atoms with van der Waals surface area (Å²) in [7, 11) is 0. The quantitative estimate of drug-likeness (QED) is 0.258. The van der Waals surface area contributed by atoms with Crippen molar-refractivity contribution in [3.63, 3.8) is 0 Å². The number of hydrogen-bond donors (Lipinski definition) is 1. The van der Waals surface area contributed by atoms with Crippen LogP contribution in [-0.4, -0.2) is 34.7 Å². The van der Waals surface area contributed by atoms with Crippen molar-refractivity contribution in [1.29, 1.82) is 0 Å². The lowest BCUT2D eigenvalue weighted by atomic mass is 9.75. The molecule has 2 atom stereocenters. The number of nitrogens with zero attached hydrogens (tertiary/aromatic N) is 1.